The first-order chi connectivity index (χ1) is 12.0. The van der Waals surface area contributed by atoms with Gasteiger partial charge in [-0.25, -0.2) is 0 Å². The van der Waals surface area contributed by atoms with Crippen LogP contribution in [0.3, 0.4) is 0 Å². The molecule has 134 valence electrons. The van der Waals surface area contributed by atoms with Gasteiger partial charge in [-0.05, 0) is 30.0 Å². The minimum atomic E-state index is -3.52. The highest BCUT2D eigenvalue weighted by Crippen LogP contribution is 2.18. The van der Waals surface area contributed by atoms with E-state index in [4.69, 9.17) is 0 Å². The Labute approximate surface area is 150 Å². The summed E-state index contributed by atoms with van der Waals surface area (Å²) in [6.07, 6.45) is 1.02. The van der Waals surface area contributed by atoms with Gasteiger partial charge >= 0.3 is 0 Å². The second kappa shape index (κ2) is 8.10. The largest absolute Gasteiger partial charge is 0.297 e. The van der Waals surface area contributed by atoms with Crippen molar-refractivity contribution in [2.45, 2.75) is 32.5 Å². The molecule has 0 radical (unpaired) electrons. The SMILES string of the molecule is C[C@@H](CN1CCc2ccccc2C1)NS(=O)(=O)NCc1ccccc1. The molecule has 2 aromatic rings. The highest BCUT2D eigenvalue weighted by Gasteiger charge is 2.20. The van der Waals surface area contributed by atoms with Crippen molar-refractivity contribution < 1.29 is 8.42 Å². The Bertz CT molecular complexity index is 793. The molecule has 0 spiro atoms. The van der Waals surface area contributed by atoms with Crippen LogP contribution < -0.4 is 9.44 Å². The number of benzene rings is 2. The number of hydrogen-bond donors (Lipinski definition) is 2. The van der Waals surface area contributed by atoms with Crippen molar-refractivity contribution in [3.8, 4) is 0 Å². The van der Waals surface area contributed by atoms with Gasteiger partial charge in [0.05, 0.1) is 0 Å². The van der Waals surface area contributed by atoms with Crippen molar-refractivity contribution in [2.24, 2.45) is 0 Å². The zero-order chi connectivity index (χ0) is 17.7. The lowest BCUT2D eigenvalue weighted by Crippen LogP contribution is -2.47. The molecular formula is C19H25N3O2S. The Kier molecular flexibility index (Phi) is 5.86. The highest BCUT2D eigenvalue weighted by atomic mass is 32.2. The summed E-state index contributed by atoms with van der Waals surface area (Å²) in [5.41, 5.74) is 3.68. The number of nitrogens with zero attached hydrogens (tertiary/aromatic N) is 1. The minimum Gasteiger partial charge on any atom is -0.297 e. The lowest BCUT2D eigenvalue weighted by atomic mass is 10.00. The lowest BCUT2D eigenvalue weighted by Gasteiger charge is -2.31. The van der Waals surface area contributed by atoms with Gasteiger partial charge in [-0.15, -0.1) is 0 Å². The van der Waals surface area contributed by atoms with Gasteiger partial charge in [0.25, 0.3) is 10.2 Å². The first-order valence-corrected chi connectivity index (χ1v) is 10.1. The van der Waals surface area contributed by atoms with Crippen molar-refractivity contribution in [1.29, 1.82) is 0 Å². The number of hydrogen-bond acceptors (Lipinski definition) is 3. The Hall–Kier alpha value is -1.73. The zero-order valence-electron chi connectivity index (χ0n) is 14.5. The lowest BCUT2D eigenvalue weighted by molar-refractivity contribution is 0.237. The first-order valence-electron chi connectivity index (χ1n) is 8.62. The smallest absolute Gasteiger partial charge is 0.277 e. The van der Waals surface area contributed by atoms with E-state index < -0.39 is 10.2 Å². The Morgan fingerprint density at radius 2 is 1.72 bits per heavy atom. The first kappa shape index (κ1) is 18.1. The summed E-state index contributed by atoms with van der Waals surface area (Å²) in [6, 6.07) is 17.8. The Morgan fingerprint density at radius 1 is 1.04 bits per heavy atom. The maximum absolute atomic E-state index is 12.2. The third-order valence-corrected chi connectivity index (χ3v) is 5.64. The second-order valence-corrected chi connectivity index (χ2v) is 8.11. The summed E-state index contributed by atoms with van der Waals surface area (Å²) in [5.74, 6) is 0. The summed E-state index contributed by atoms with van der Waals surface area (Å²) in [5, 5.41) is 0. The maximum Gasteiger partial charge on any atom is 0.277 e. The van der Waals surface area contributed by atoms with Crippen LogP contribution in [0, 0.1) is 0 Å². The average Bonchev–Trinajstić information content (AvgIpc) is 2.60. The number of fused-ring (bicyclic) bond motifs is 1. The molecule has 1 aliphatic heterocycles. The van der Waals surface area contributed by atoms with Gasteiger partial charge < -0.3 is 0 Å². The predicted octanol–water partition coefficient (Wildman–Crippen LogP) is 2.06. The van der Waals surface area contributed by atoms with Crippen LogP contribution in [0.5, 0.6) is 0 Å². The van der Waals surface area contributed by atoms with E-state index in [-0.39, 0.29) is 6.04 Å². The molecule has 2 N–H and O–H groups in total. The van der Waals surface area contributed by atoms with Gasteiger partial charge in [-0.2, -0.15) is 17.9 Å². The summed E-state index contributed by atoms with van der Waals surface area (Å²) in [7, 11) is -3.52. The third kappa shape index (κ3) is 5.37. The molecule has 0 fully saturated rings. The molecule has 1 aliphatic rings. The van der Waals surface area contributed by atoms with Gasteiger partial charge in [-0.1, -0.05) is 54.6 Å². The van der Waals surface area contributed by atoms with Crippen LogP contribution in [0.25, 0.3) is 0 Å². The molecule has 2 aromatic carbocycles. The van der Waals surface area contributed by atoms with Crippen molar-refractivity contribution in [3.05, 3.63) is 71.3 Å². The van der Waals surface area contributed by atoms with Crippen molar-refractivity contribution in [2.75, 3.05) is 13.1 Å². The molecule has 1 heterocycles. The molecule has 0 saturated heterocycles. The molecule has 0 amide bonds. The van der Waals surface area contributed by atoms with E-state index in [0.29, 0.717) is 13.1 Å². The maximum atomic E-state index is 12.2. The Balaban J connectivity index is 1.49. The van der Waals surface area contributed by atoms with Crippen LogP contribution in [0.2, 0.25) is 0 Å². The topological polar surface area (TPSA) is 61.4 Å². The molecule has 0 aliphatic carbocycles. The number of rotatable bonds is 7. The van der Waals surface area contributed by atoms with Gasteiger partial charge in [0.15, 0.2) is 0 Å². The highest BCUT2D eigenvalue weighted by molar-refractivity contribution is 7.87. The molecule has 1 atom stereocenters. The van der Waals surface area contributed by atoms with Crippen molar-refractivity contribution in [1.82, 2.24) is 14.3 Å². The van der Waals surface area contributed by atoms with Crippen LogP contribution in [0.1, 0.15) is 23.6 Å². The van der Waals surface area contributed by atoms with E-state index in [0.717, 1.165) is 25.1 Å². The monoisotopic (exact) mass is 359 g/mol. The molecule has 25 heavy (non-hydrogen) atoms. The van der Waals surface area contributed by atoms with Crippen molar-refractivity contribution in [3.63, 3.8) is 0 Å². The van der Waals surface area contributed by atoms with Crippen LogP contribution in [-0.4, -0.2) is 32.4 Å². The van der Waals surface area contributed by atoms with Crippen LogP contribution in [-0.2, 0) is 29.7 Å². The van der Waals surface area contributed by atoms with Crippen LogP contribution >= 0.6 is 0 Å². The minimum absolute atomic E-state index is 0.154. The number of nitrogens with one attached hydrogen (secondary N) is 2. The van der Waals surface area contributed by atoms with Crippen LogP contribution in [0.15, 0.2) is 54.6 Å². The molecule has 5 nitrogen and oxygen atoms in total. The summed E-state index contributed by atoms with van der Waals surface area (Å²) in [4.78, 5) is 2.30. The summed E-state index contributed by atoms with van der Waals surface area (Å²) >= 11 is 0. The zero-order valence-corrected chi connectivity index (χ0v) is 15.3. The summed E-state index contributed by atoms with van der Waals surface area (Å²) in [6.45, 7) is 4.73. The second-order valence-electron chi connectivity index (χ2n) is 6.58. The fourth-order valence-corrected chi connectivity index (χ4v) is 4.26. The van der Waals surface area contributed by atoms with Crippen LogP contribution in [0.4, 0.5) is 0 Å². The van der Waals surface area contributed by atoms with Crippen molar-refractivity contribution >= 4 is 10.2 Å². The standard InChI is InChI=1S/C19H25N3O2S/c1-16(14-22-12-11-18-9-5-6-10-19(18)15-22)21-25(23,24)20-13-17-7-3-2-4-8-17/h2-10,16,20-21H,11-15H2,1H3/t16-/m0/s1. The van der Waals surface area contributed by atoms with Gasteiger partial charge in [-0.3, -0.25) is 4.90 Å². The normalized spacial score (nSPS) is 16.4. The Morgan fingerprint density at radius 3 is 2.48 bits per heavy atom. The molecule has 0 saturated carbocycles. The molecule has 3 rings (SSSR count). The van der Waals surface area contributed by atoms with E-state index in [1.165, 1.54) is 11.1 Å². The van der Waals surface area contributed by atoms with Gasteiger partial charge in [0, 0.05) is 32.2 Å². The molecular weight excluding hydrogens is 334 g/mol. The van der Waals surface area contributed by atoms with Gasteiger partial charge in [0.2, 0.25) is 0 Å². The van der Waals surface area contributed by atoms with E-state index in [9.17, 15) is 8.42 Å². The molecule has 6 heteroatoms. The van der Waals surface area contributed by atoms with Gasteiger partial charge in [0.1, 0.15) is 0 Å². The molecule has 0 bridgehead atoms. The van der Waals surface area contributed by atoms with E-state index in [1.807, 2.05) is 37.3 Å². The third-order valence-electron chi connectivity index (χ3n) is 4.41. The quantitative estimate of drug-likeness (QED) is 0.795. The van der Waals surface area contributed by atoms with E-state index >= 15 is 0 Å². The summed E-state index contributed by atoms with van der Waals surface area (Å²) < 4.78 is 29.7. The molecule has 0 unspecified atom stereocenters. The predicted molar refractivity (Wildman–Crippen MR) is 100 cm³/mol. The molecule has 0 aromatic heterocycles. The fourth-order valence-electron chi connectivity index (χ4n) is 3.22. The average molecular weight is 359 g/mol. The van der Waals surface area contributed by atoms with E-state index in [2.05, 4.69) is 38.6 Å². The fraction of sp³-hybridized carbons (Fsp3) is 0.368. The van der Waals surface area contributed by atoms with E-state index in [1.54, 1.807) is 0 Å².